The molecule has 0 aliphatic carbocycles. The molecule has 3 aromatic rings. The molecule has 2 N–H and O–H groups in total. The van der Waals surface area contributed by atoms with Gasteiger partial charge in [-0.3, -0.25) is 10.1 Å². The molecule has 0 saturated carbocycles. The van der Waals surface area contributed by atoms with E-state index in [1.165, 1.54) is 0 Å². The Morgan fingerprint density at radius 2 is 2.04 bits per heavy atom. The quantitative estimate of drug-likeness (QED) is 0.749. The standard InChI is InChI=1S/C19H20N4O2/c1-13(14-4-5-18-19(9-14)25-8-7-24-18)21-12-16-10-17(23-22-16)15-3-2-6-20-11-15/h2-6,9-11,13,21H,7-8,12H2,1H3,(H,22,23)/t13-/m0/s1. The van der Waals surface area contributed by atoms with Gasteiger partial charge in [-0.25, -0.2) is 0 Å². The van der Waals surface area contributed by atoms with Gasteiger partial charge in [0.2, 0.25) is 0 Å². The first-order valence-corrected chi connectivity index (χ1v) is 8.37. The predicted molar refractivity (Wildman–Crippen MR) is 94.5 cm³/mol. The first-order chi connectivity index (χ1) is 12.3. The zero-order valence-corrected chi connectivity index (χ0v) is 14.0. The molecule has 0 radical (unpaired) electrons. The van der Waals surface area contributed by atoms with Gasteiger partial charge >= 0.3 is 0 Å². The zero-order chi connectivity index (χ0) is 17.1. The fourth-order valence-corrected chi connectivity index (χ4v) is 2.82. The first-order valence-electron chi connectivity index (χ1n) is 8.37. The number of pyridine rings is 1. The number of hydrogen-bond acceptors (Lipinski definition) is 5. The van der Waals surface area contributed by atoms with Gasteiger partial charge in [-0.05, 0) is 42.8 Å². The lowest BCUT2D eigenvalue weighted by Crippen LogP contribution is -2.19. The van der Waals surface area contributed by atoms with Crippen molar-refractivity contribution in [3.8, 4) is 22.8 Å². The zero-order valence-electron chi connectivity index (χ0n) is 14.0. The third kappa shape index (κ3) is 3.49. The highest BCUT2D eigenvalue weighted by atomic mass is 16.6. The summed E-state index contributed by atoms with van der Waals surface area (Å²) in [6.45, 7) is 4.04. The smallest absolute Gasteiger partial charge is 0.161 e. The molecule has 0 amide bonds. The molecule has 6 heteroatoms. The van der Waals surface area contributed by atoms with Crippen LogP contribution in [0.15, 0.2) is 48.8 Å². The highest BCUT2D eigenvalue weighted by Gasteiger charge is 2.14. The second-order valence-corrected chi connectivity index (χ2v) is 6.03. The normalized spacial score (nSPS) is 14.3. The van der Waals surface area contributed by atoms with Gasteiger partial charge in [0, 0.05) is 36.2 Å². The van der Waals surface area contributed by atoms with Gasteiger partial charge in [-0.1, -0.05) is 6.07 Å². The van der Waals surface area contributed by atoms with E-state index in [0.29, 0.717) is 19.8 Å². The van der Waals surface area contributed by atoms with E-state index in [1.807, 2.05) is 36.5 Å². The highest BCUT2D eigenvalue weighted by molar-refractivity contribution is 5.57. The average molecular weight is 336 g/mol. The van der Waals surface area contributed by atoms with E-state index >= 15 is 0 Å². The van der Waals surface area contributed by atoms with Crippen LogP contribution in [0.1, 0.15) is 24.2 Å². The Bertz CT molecular complexity index is 848. The third-order valence-corrected chi connectivity index (χ3v) is 4.25. The Labute approximate surface area is 146 Å². The van der Waals surface area contributed by atoms with Crippen LogP contribution in [0.3, 0.4) is 0 Å². The fourth-order valence-electron chi connectivity index (χ4n) is 2.82. The van der Waals surface area contributed by atoms with Crippen molar-refractivity contribution >= 4 is 0 Å². The van der Waals surface area contributed by atoms with Crippen molar-refractivity contribution < 1.29 is 9.47 Å². The van der Waals surface area contributed by atoms with Crippen molar-refractivity contribution in [1.29, 1.82) is 0 Å². The summed E-state index contributed by atoms with van der Waals surface area (Å²) in [5.41, 5.74) is 4.10. The number of hydrogen-bond donors (Lipinski definition) is 2. The molecule has 0 saturated heterocycles. The Kier molecular flexibility index (Phi) is 4.35. The van der Waals surface area contributed by atoms with Gasteiger partial charge in [-0.2, -0.15) is 5.10 Å². The van der Waals surface area contributed by atoms with Gasteiger partial charge in [0.05, 0.1) is 5.69 Å². The van der Waals surface area contributed by atoms with Crippen molar-refractivity contribution in [3.63, 3.8) is 0 Å². The Hall–Kier alpha value is -2.86. The summed E-state index contributed by atoms with van der Waals surface area (Å²) in [6, 6.07) is 12.2. The summed E-state index contributed by atoms with van der Waals surface area (Å²) >= 11 is 0. The minimum Gasteiger partial charge on any atom is -0.486 e. The summed E-state index contributed by atoms with van der Waals surface area (Å²) in [5, 5.41) is 10.9. The molecular weight excluding hydrogens is 316 g/mol. The van der Waals surface area contributed by atoms with E-state index in [4.69, 9.17) is 9.47 Å². The third-order valence-electron chi connectivity index (χ3n) is 4.25. The summed E-state index contributed by atoms with van der Waals surface area (Å²) in [7, 11) is 0. The number of nitrogens with one attached hydrogen (secondary N) is 2. The molecule has 0 unspecified atom stereocenters. The number of ether oxygens (including phenoxy) is 2. The number of fused-ring (bicyclic) bond motifs is 1. The fraction of sp³-hybridized carbons (Fsp3) is 0.263. The van der Waals surface area contributed by atoms with E-state index in [0.717, 1.165) is 34.0 Å². The van der Waals surface area contributed by atoms with Crippen molar-refractivity contribution in [1.82, 2.24) is 20.5 Å². The summed E-state index contributed by atoms with van der Waals surface area (Å²) in [6.07, 6.45) is 3.57. The van der Waals surface area contributed by atoms with E-state index in [-0.39, 0.29) is 6.04 Å². The monoisotopic (exact) mass is 336 g/mol. The number of aromatic amines is 1. The lowest BCUT2D eigenvalue weighted by molar-refractivity contribution is 0.171. The Balaban J connectivity index is 1.40. The van der Waals surface area contributed by atoms with Gasteiger partial charge in [0.25, 0.3) is 0 Å². The molecule has 6 nitrogen and oxygen atoms in total. The van der Waals surface area contributed by atoms with Gasteiger partial charge in [0.15, 0.2) is 11.5 Å². The van der Waals surface area contributed by atoms with Crippen LogP contribution >= 0.6 is 0 Å². The maximum Gasteiger partial charge on any atom is 0.161 e. The van der Waals surface area contributed by atoms with Crippen LogP contribution in [-0.4, -0.2) is 28.4 Å². The molecule has 2 aromatic heterocycles. The van der Waals surface area contributed by atoms with Crippen LogP contribution in [-0.2, 0) is 6.54 Å². The van der Waals surface area contributed by atoms with Crippen LogP contribution in [0.2, 0.25) is 0 Å². The maximum absolute atomic E-state index is 5.65. The van der Waals surface area contributed by atoms with Gasteiger partial charge in [-0.15, -0.1) is 0 Å². The summed E-state index contributed by atoms with van der Waals surface area (Å²) < 4.78 is 11.2. The number of aromatic nitrogens is 3. The molecule has 1 aliphatic rings. The summed E-state index contributed by atoms with van der Waals surface area (Å²) in [4.78, 5) is 4.13. The lowest BCUT2D eigenvalue weighted by atomic mass is 10.1. The molecule has 1 atom stereocenters. The minimum atomic E-state index is 0.181. The number of nitrogens with zero attached hydrogens (tertiary/aromatic N) is 2. The molecule has 0 fully saturated rings. The van der Waals surface area contributed by atoms with Crippen molar-refractivity contribution in [2.75, 3.05) is 13.2 Å². The van der Waals surface area contributed by atoms with Crippen LogP contribution in [0.25, 0.3) is 11.3 Å². The maximum atomic E-state index is 5.65. The second-order valence-electron chi connectivity index (χ2n) is 6.03. The second kappa shape index (κ2) is 6.94. The van der Waals surface area contributed by atoms with Crippen molar-refractivity contribution in [2.45, 2.75) is 19.5 Å². The predicted octanol–water partition coefficient (Wildman–Crippen LogP) is 3.09. The molecule has 1 aliphatic heterocycles. The molecule has 3 heterocycles. The molecule has 25 heavy (non-hydrogen) atoms. The van der Waals surface area contributed by atoms with E-state index < -0.39 is 0 Å². The van der Waals surface area contributed by atoms with E-state index in [9.17, 15) is 0 Å². The first kappa shape index (κ1) is 15.7. The molecular formula is C19H20N4O2. The Morgan fingerprint density at radius 3 is 2.88 bits per heavy atom. The lowest BCUT2D eigenvalue weighted by Gasteiger charge is -2.21. The van der Waals surface area contributed by atoms with Crippen LogP contribution in [0.4, 0.5) is 0 Å². The molecule has 0 spiro atoms. The van der Waals surface area contributed by atoms with Crippen LogP contribution < -0.4 is 14.8 Å². The number of rotatable bonds is 5. The molecule has 0 bridgehead atoms. The van der Waals surface area contributed by atoms with Gasteiger partial charge < -0.3 is 14.8 Å². The van der Waals surface area contributed by atoms with Crippen molar-refractivity contribution in [2.24, 2.45) is 0 Å². The van der Waals surface area contributed by atoms with E-state index in [1.54, 1.807) is 6.20 Å². The SMILES string of the molecule is C[C@H](NCc1cc(-c2cccnc2)n[nH]1)c1ccc2c(c1)OCCO2. The molecule has 128 valence electrons. The average Bonchev–Trinajstić information content (AvgIpc) is 3.15. The molecule has 4 rings (SSSR count). The number of benzene rings is 1. The summed E-state index contributed by atoms with van der Waals surface area (Å²) in [5.74, 6) is 1.63. The van der Waals surface area contributed by atoms with E-state index in [2.05, 4.69) is 33.5 Å². The van der Waals surface area contributed by atoms with Crippen LogP contribution in [0, 0.1) is 0 Å². The minimum absolute atomic E-state index is 0.181. The molecule has 1 aromatic carbocycles. The number of H-pyrrole nitrogens is 1. The van der Waals surface area contributed by atoms with Crippen molar-refractivity contribution in [3.05, 3.63) is 60.0 Å². The van der Waals surface area contributed by atoms with Crippen LogP contribution in [0.5, 0.6) is 11.5 Å². The van der Waals surface area contributed by atoms with Gasteiger partial charge in [0.1, 0.15) is 13.2 Å². The highest BCUT2D eigenvalue weighted by Crippen LogP contribution is 2.32. The topological polar surface area (TPSA) is 72.1 Å². The largest absolute Gasteiger partial charge is 0.486 e. The Morgan fingerprint density at radius 1 is 1.16 bits per heavy atom.